The number of carbonyl (C=O) groups is 1. The van der Waals surface area contributed by atoms with E-state index in [2.05, 4.69) is 6.92 Å². The third-order valence-electron chi connectivity index (χ3n) is 2.46. The molecule has 1 saturated heterocycles. The van der Waals surface area contributed by atoms with E-state index in [0.717, 1.165) is 19.0 Å². The molecular weight excluding hydrogens is 138 g/mol. The Hall–Kier alpha value is -0.530. The highest BCUT2D eigenvalue weighted by molar-refractivity contribution is 5.73. The molecule has 1 aliphatic rings. The fraction of sp³-hybridized carbons (Fsp3) is 0.889. The van der Waals surface area contributed by atoms with E-state index in [1.165, 1.54) is 19.3 Å². The normalized spacial score (nSPS) is 26.4. The zero-order valence-corrected chi connectivity index (χ0v) is 7.47. The zero-order valence-electron chi connectivity index (χ0n) is 7.47. The molecule has 1 aliphatic heterocycles. The van der Waals surface area contributed by atoms with Crippen LogP contribution in [-0.4, -0.2) is 23.9 Å². The Kier molecular flexibility index (Phi) is 2.92. The summed E-state index contributed by atoms with van der Waals surface area (Å²) in [5.41, 5.74) is 0. The number of amides is 1. The number of likely N-dealkylation sites (tertiary alicyclic amines) is 1. The highest BCUT2D eigenvalue weighted by Gasteiger charge is 2.14. The van der Waals surface area contributed by atoms with E-state index < -0.39 is 0 Å². The molecule has 0 spiro atoms. The summed E-state index contributed by atoms with van der Waals surface area (Å²) in [5, 5.41) is 0. The molecule has 0 saturated carbocycles. The summed E-state index contributed by atoms with van der Waals surface area (Å²) in [6, 6.07) is 0. The third kappa shape index (κ3) is 2.52. The van der Waals surface area contributed by atoms with Crippen LogP contribution in [0.5, 0.6) is 0 Å². The van der Waals surface area contributed by atoms with Crippen molar-refractivity contribution in [1.29, 1.82) is 0 Å². The van der Waals surface area contributed by atoms with E-state index in [-0.39, 0.29) is 5.91 Å². The van der Waals surface area contributed by atoms with Crippen molar-refractivity contribution in [2.75, 3.05) is 13.1 Å². The van der Waals surface area contributed by atoms with Crippen molar-refractivity contribution in [3.05, 3.63) is 0 Å². The summed E-state index contributed by atoms with van der Waals surface area (Å²) in [6.07, 6.45) is 3.64. The van der Waals surface area contributed by atoms with Gasteiger partial charge >= 0.3 is 0 Å². The fourth-order valence-electron chi connectivity index (χ4n) is 1.58. The minimum Gasteiger partial charge on any atom is -0.343 e. The first-order valence-electron chi connectivity index (χ1n) is 4.45. The van der Waals surface area contributed by atoms with E-state index in [4.69, 9.17) is 0 Å². The van der Waals surface area contributed by atoms with Crippen LogP contribution in [0.15, 0.2) is 0 Å². The molecule has 1 atom stereocenters. The summed E-state index contributed by atoms with van der Waals surface area (Å²) >= 11 is 0. The number of hydrogen-bond donors (Lipinski definition) is 0. The van der Waals surface area contributed by atoms with Crippen LogP contribution in [0.25, 0.3) is 0 Å². The van der Waals surface area contributed by atoms with Gasteiger partial charge in [-0.2, -0.15) is 0 Å². The molecule has 0 bridgehead atoms. The molecule has 0 aromatic carbocycles. The van der Waals surface area contributed by atoms with Gasteiger partial charge in [-0.05, 0) is 25.2 Å². The van der Waals surface area contributed by atoms with Crippen LogP contribution in [0.4, 0.5) is 0 Å². The molecule has 64 valence electrons. The van der Waals surface area contributed by atoms with Crippen LogP contribution in [-0.2, 0) is 4.79 Å². The maximum absolute atomic E-state index is 11.0. The molecule has 0 aromatic rings. The summed E-state index contributed by atoms with van der Waals surface area (Å²) in [6.45, 7) is 5.87. The smallest absolute Gasteiger partial charge is 0.219 e. The second-order valence-electron chi connectivity index (χ2n) is 3.54. The number of rotatable bonds is 0. The second-order valence-corrected chi connectivity index (χ2v) is 3.54. The van der Waals surface area contributed by atoms with Gasteiger partial charge < -0.3 is 4.90 Å². The van der Waals surface area contributed by atoms with Crippen LogP contribution < -0.4 is 0 Å². The van der Waals surface area contributed by atoms with Crippen molar-refractivity contribution in [1.82, 2.24) is 4.90 Å². The standard InChI is InChI=1S/C9H17NO/c1-8-4-3-6-10(7-5-8)9(2)11/h8H,3-7H2,1-2H3/t8-/m1/s1. The molecule has 1 fully saturated rings. The van der Waals surface area contributed by atoms with Crippen LogP contribution in [0, 0.1) is 5.92 Å². The average Bonchev–Trinajstić information content (AvgIpc) is 2.13. The molecular formula is C9H17NO. The Labute approximate surface area is 68.6 Å². The maximum Gasteiger partial charge on any atom is 0.219 e. The number of nitrogens with zero attached hydrogens (tertiary/aromatic N) is 1. The Morgan fingerprint density at radius 2 is 2.09 bits per heavy atom. The highest BCUT2D eigenvalue weighted by atomic mass is 16.2. The fourth-order valence-corrected chi connectivity index (χ4v) is 1.58. The van der Waals surface area contributed by atoms with Crippen molar-refractivity contribution in [2.45, 2.75) is 33.1 Å². The van der Waals surface area contributed by atoms with Gasteiger partial charge in [-0.3, -0.25) is 4.79 Å². The van der Waals surface area contributed by atoms with Crippen molar-refractivity contribution in [3.8, 4) is 0 Å². The van der Waals surface area contributed by atoms with Gasteiger partial charge in [-0.1, -0.05) is 6.92 Å². The van der Waals surface area contributed by atoms with Gasteiger partial charge in [-0.15, -0.1) is 0 Å². The first-order chi connectivity index (χ1) is 5.20. The number of hydrogen-bond acceptors (Lipinski definition) is 1. The summed E-state index contributed by atoms with van der Waals surface area (Å²) in [7, 11) is 0. The summed E-state index contributed by atoms with van der Waals surface area (Å²) in [4.78, 5) is 12.9. The Morgan fingerprint density at radius 3 is 2.73 bits per heavy atom. The average molecular weight is 155 g/mol. The van der Waals surface area contributed by atoms with Crippen LogP contribution >= 0.6 is 0 Å². The molecule has 2 heteroatoms. The first kappa shape index (κ1) is 8.57. The molecule has 0 aromatic heterocycles. The van der Waals surface area contributed by atoms with Crippen LogP contribution in [0.1, 0.15) is 33.1 Å². The lowest BCUT2D eigenvalue weighted by Crippen LogP contribution is -2.29. The van der Waals surface area contributed by atoms with Crippen LogP contribution in [0.2, 0.25) is 0 Å². The predicted octanol–water partition coefficient (Wildman–Crippen LogP) is 1.65. The minimum atomic E-state index is 0.235. The Bertz CT molecular complexity index is 144. The van der Waals surface area contributed by atoms with Gasteiger partial charge in [0.15, 0.2) is 0 Å². The van der Waals surface area contributed by atoms with Gasteiger partial charge in [0.25, 0.3) is 0 Å². The van der Waals surface area contributed by atoms with E-state index in [9.17, 15) is 4.79 Å². The van der Waals surface area contributed by atoms with Gasteiger partial charge in [0.05, 0.1) is 0 Å². The SMILES string of the molecule is CC(=O)N1CCC[C@@H](C)CC1. The largest absolute Gasteiger partial charge is 0.343 e. The van der Waals surface area contributed by atoms with Crippen molar-refractivity contribution >= 4 is 5.91 Å². The summed E-state index contributed by atoms with van der Waals surface area (Å²) in [5.74, 6) is 1.04. The van der Waals surface area contributed by atoms with Crippen LogP contribution in [0.3, 0.4) is 0 Å². The monoisotopic (exact) mass is 155 g/mol. The second kappa shape index (κ2) is 3.74. The van der Waals surface area contributed by atoms with Crippen molar-refractivity contribution < 1.29 is 4.79 Å². The van der Waals surface area contributed by atoms with E-state index >= 15 is 0 Å². The predicted molar refractivity (Wildman–Crippen MR) is 45.3 cm³/mol. The van der Waals surface area contributed by atoms with Gasteiger partial charge in [0.1, 0.15) is 0 Å². The Morgan fingerprint density at radius 1 is 1.36 bits per heavy atom. The van der Waals surface area contributed by atoms with Gasteiger partial charge in [-0.25, -0.2) is 0 Å². The molecule has 1 heterocycles. The van der Waals surface area contributed by atoms with Crippen molar-refractivity contribution in [3.63, 3.8) is 0 Å². The zero-order chi connectivity index (χ0) is 8.27. The topological polar surface area (TPSA) is 20.3 Å². The van der Waals surface area contributed by atoms with Crippen molar-refractivity contribution in [2.24, 2.45) is 5.92 Å². The maximum atomic E-state index is 11.0. The molecule has 11 heavy (non-hydrogen) atoms. The molecule has 1 rings (SSSR count). The van der Waals surface area contributed by atoms with E-state index in [0.29, 0.717) is 0 Å². The highest BCUT2D eigenvalue weighted by Crippen LogP contribution is 2.15. The van der Waals surface area contributed by atoms with E-state index in [1.54, 1.807) is 6.92 Å². The molecule has 2 nitrogen and oxygen atoms in total. The summed E-state index contributed by atoms with van der Waals surface area (Å²) < 4.78 is 0. The lowest BCUT2D eigenvalue weighted by atomic mass is 10.0. The molecule has 0 aliphatic carbocycles. The van der Waals surface area contributed by atoms with Gasteiger partial charge in [0.2, 0.25) is 5.91 Å². The first-order valence-corrected chi connectivity index (χ1v) is 4.45. The lowest BCUT2D eigenvalue weighted by Gasteiger charge is -2.17. The molecule has 0 unspecified atom stereocenters. The quantitative estimate of drug-likeness (QED) is 0.521. The van der Waals surface area contributed by atoms with E-state index in [1.807, 2.05) is 4.90 Å². The minimum absolute atomic E-state index is 0.235. The molecule has 0 radical (unpaired) electrons. The lowest BCUT2D eigenvalue weighted by molar-refractivity contribution is -0.128. The van der Waals surface area contributed by atoms with Gasteiger partial charge in [0, 0.05) is 20.0 Å². The number of carbonyl (C=O) groups excluding carboxylic acids is 1. The molecule has 0 N–H and O–H groups in total. The third-order valence-corrected chi connectivity index (χ3v) is 2.46. The molecule has 1 amide bonds. The Balaban J connectivity index is 2.40.